The molecule has 172 valence electrons. The predicted octanol–water partition coefficient (Wildman–Crippen LogP) is 9.89. The lowest BCUT2D eigenvalue weighted by atomic mass is 10.00. The molecule has 0 aliphatic carbocycles. The summed E-state index contributed by atoms with van der Waals surface area (Å²) in [5.74, 6) is 0. The normalized spacial score (nSPS) is 11.2. The van der Waals surface area contributed by atoms with Gasteiger partial charge in [0, 0.05) is 6.20 Å². The van der Waals surface area contributed by atoms with Crippen molar-refractivity contribution in [3.8, 4) is 21.6 Å². The molecule has 1 aromatic heterocycles. The molecule has 3 rings (SSSR count). The van der Waals surface area contributed by atoms with Crippen LogP contribution in [0.3, 0.4) is 0 Å². The summed E-state index contributed by atoms with van der Waals surface area (Å²) in [6.45, 7) is 4.55. The second-order valence-electron chi connectivity index (χ2n) is 9.07. The van der Waals surface area contributed by atoms with Crippen molar-refractivity contribution < 1.29 is 0 Å². The standard InChI is InChI=1S/C30H41NS/c1-3-5-7-9-10-11-13-15-30-31-24-29(32-30)28-22-20-27(21-23-28)26-18-16-25(17-19-26)14-12-8-6-4-2/h16-24H,3-15H2,1-2H3. The van der Waals surface area contributed by atoms with E-state index in [4.69, 9.17) is 0 Å². The van der Waals surface area contributed by atoms with Gasteiger partial charge < -0.3 is 0 Å². The van der Waals surface area contributed by atoms with E-state index in [1.807, 2.05) is 11.3 Å². The SMILES string of the molecule is CCCCCCCCCc1ncc(-c2ccc(-c3ccc(CCCCCC)cc3)cc2)s1. The molecule has 0 saturated heterocycles. The Morgan fingerprint density at radius 2 is 1.06 bits per heavy atom. The van der Waals surface area contributed by atoms with Gasteiger partial charge in [-0.15, -0.1) is 11.3 Å². The van der Waals surface area contributed by atoms with Gasteiger partial charge in [-0.1, -0.05) is 120 Å². The molecule has 0 fully saturated rings. The van der Waals surface area contributed by atoms with Crippen LogP contribution in [0.25, 0.3) is 21.6 Å². The Labute approximate surface area is 200 Å². The smallest absolute Gasteiger partial charge is 0.0931 e. The third kappa shape index (κ3) is 8.20. The van der Waals surface area contributed by atoms with Crippen LogP contribution in [0.15, 0.2) is 54.7 Å². The molecule has 0 atom stereocenters. The molecule has 0 spiro atoms. The average molecular weight is 448 g/mol. The molecule has 0 bridgehead atoms. The summed E-state index contributed by atoms with van der Waals surface area (Å²) in [6.07, 6.45) is 19.2. The van der Waals surface area contributed by atoms with Crippen LogP contribution in [0, 0.1) is 0 Å². The Kier molecular flexibility index (Phi) is 11.0. The van der Waals surface area contributed by atoms with E-state index in [-0.39, 0.29) is 0 Å². The maximum atomic E-state index is 4.68. The van der Waals surface area contributed by atoms with Gasteiger partial charge in [0.25, 0.3) is 0 Å². The Balaban J connectivity index is 1.47. The van der Waals surface area contributed by atoms with Crippen molar-refractivity contribution >= 4 is 11.3 Å². The summed E-state index contributed by atoms with van der Waals surface area (Å²) in [5.41, 5.74) is 5.33. The van der Waals surface area contributed by atoms with Crippen molar-refractivity contribution in [1.82, 2.24) is 4.98 Å². The number of rotatable bonds is 15. The van der Waals surface area contributed by atoms with Crippen molar-refractivity contribution in [1.29, 1.82) is 0 Å². The van der Waals surface area contributed by atoms with Crippen LogP contribution in [0.4, 0.5) is 0 Å². The van der Waals surface area contributed by atoms with E-state index < -0.39 is 0 Å². The van der Waals surface area contributed by atoms with Gasteiger partial charge in [-0.3, -0.25) is 0 Å². The third-order valence-electron chi connectivity index (χ3n) is 6.32. The molecule has 0 saturated carbocycles. The number of hydrogen-bond donors (Lipinski definition) is 0. The molecule has 2 heteroatoms. The van der Waals surface area contributed by atoms with E-state index in [0.29, 0.717) is 0 Å². The zero-order chi connectivity index (χ0) is 22.4. The summed E-state index contributed by atoms with van der Waals surface area (Å²) in [6, 6.07) is 18.2. The maximum absolute atomic E-state index is 4.68. The van der Waals surface area contributed by atoms with E-state index in [2.05, 4.69) is 73.6 Å². The fourth-order valence-electron chi connectivity index (χ4n) is 4.24. The van der Waals surface area contributed by atoms with Gasteiger partial charge >= 0.3 is 0 Å². The Morgan fingerprint density at radius 1 is 0.562 bits per heavy atom. The van der Waals surface area contributed by atoms with Crippen molar-refractivity contribution in [2.24, 2.45) is 0 Å². The number of aromatic nitrogens is 1. The first-order valence-corrected chi connectivity index (χ1v) is 13.8. The Morgan fingerprint density at radius 3 is 1.72 bits per heavy atom. The highest BCUT2D eigenvalue weighted by Crippen LogP contribution is 2.29. The summed E-state index contributed by atoms with van der Waals surface area (Å²) in [7, 11) is 0. The lowest BCUT2D eigenvalue weighted by Crippen LogP contribution is -1.86. The zero-order valence-electron chi connectivity index (χ0n) is 20.2. The van der Waals surface area contributed by atoms with E-state index in [9.17, 15) is 0 Å². The minimum atomic E-state index is 1.13. The van der Waals surface area contributed by atoms with Gasteiger partial charge in [0.2, 0.25) is 0 Å². The second-order valence-corrected chi connectivity index (χ2v) is 10.2. The fraction of sp³-hybridized carbons (Fsp3) is 0.500. The second kappa shape index (κ2) is 14.3. The summed E-state index contributed by atoms with van der Waals surface area (Å²) in [4.78, 5) is 5.97. The number of hydrogen-bond acceptors (Lipinski definition) is 2. The van der Waals surface area contributed by atoms with Gasteiger partial charge in [0.15, 0.2) is 0 Å². The van der Waals surface area contributed by atoms with Crippen LogP contribution in [0.2, 0.25) is 0 Å². The maximum Gasteiger partial charge on any atom is 0.0931 e. The lowest BCUT2D eigenvalue weighted by molar-refractivity contribution is 0.589. The number of thiazole rings is 1. The minimum Gasteiger partial charge on any atom is -0.249 e. The Hall–Kier alpha value is -1.93. The first-order chi connectivity index (χ1) is 15.8. The van der Waals surface area contributed by atoms with Crippen LogP contribution in [0.5, 0.6) is 0 Å². The summed E-state index contributed by atoms with van der Waals surface area (Å²) < 4.78 is 0. The third-order valence-corrected chi connectivity index (χ3v) is 7.43. The molecule has 3 aromatic rings. The molecular formula is C30H41NS. The molecule has 0 amide bonds. The monoisotopic (exact) mass is 447 g/mol. The quantitative estimate of drug-likeness (QED) is 0.211. The van der Waals surface area contributed by atoms with Crippen molar-refractivity contribution in [2.45, 2.75) is 97.3 Å². The van der Waals surface area contributed by atoms with Gasteiger partial charge in [0.1, 0.15) is 0 Å². The number of benzene rings is 2. The predicted molar refractivity (Wildman–Crippen MR) is 143 cm³/mol. The molecule has 1 nitrogen and oxygen atoms in total. The summed E-state index contributed by atoms with van der Waals surface area (Å²) >= 11 is 1.86. The van der Waals surface area contributed by atoms with Gasteiger partial charge in [0.05, 0.1) is 9.88 Å². The average Bonchev–Trinajstić information content (AvgIpc) is 3.31. The van der Waals surface area contributed by atoms with Crippen LogP contribution < -0.4 is 0 Å². The molecule has 0 radical (unpaired) electrons. The van der Waals surface area contributed by atoms with E-state index in [0.717, 1.165) is 6.42 Å². The number of aryl methyl sites for hydroxylation is 2. The Bertz CT molecular complexity index is 876. The minimum absolute atomic E-state index is 1.13. The molecule has 32 heavy (non-hydrogen) atoms. The van der Waals surface area contributed by atoms with Crippen LogP contribution in [0.1, 0.15) is 95.0 Å². The largest absolute Gasteiger partial charge is 0.249 e. The molecule has 0 aliphatic heterocycles. The molecule has 1 heterocycles. The van der Waals surface area contributed by atoms with Gasteiger partial charge in [-0.2, -0.15) is 0 Å². The first-order valence-electron chi connectivity index (χ1n) is 12.9. The van der Waals surface area contributed by atoms with E-state index in [1.54, 1.807) is 0 Å². The van der Waals surface area contributed by atoms with Crippen LogP contribution in [-0.4, -0.2) is 4.98 Å². The van der Waals surface area contributed by atoms with Crippen molar-refractivity contribution in [3.63, 3.8) is 0 Å². The molecule has 0 aliphatic rings. The zero-order valence-corrected chi connectivity index (χ0v) is 21.1. The molecule has 0 unspecified atom stereocenters. The lowest BCUT2D eigenvalue weighted by Gasteiger charge is -2.06. The topological polar surface area (TPSA) is 12.9 Å². The molecular weight excluding hydrogens is 406 g/mol. The van der Waals surface area contributed by atoms with Crippen molar-refractivity contribution in [2.75, 3.05) is 0 Å². The highest BCUT2D eigenvalue weighted by atomic mass is 32.1. The van der Waals surface area contributed by atoms with Crippen LogP contribution in [-0.2, 0) is 12.8 Å². The van der Waals surface area contributed by atoms with E-state index in [1.165, 1.54) is 109 Å². The van der Waals surface area contributed by atoms with Gasteiger partial charge in [-0.25, -0.2) is 4.98 Å². The molecule has 0 N–H and O–H groups in total. The fourth-order valence-corrected chi connectivity index (χ4v) is 5.20. The van der Waals surface area contributed by atoms with E-state index >= 15 is 0 Å². The number of nitrogens with zero attached hydrogens (tertiary/aromatic N) is 1. The summed E-state index contributed by atoms with van der Waals surface area (Å²) in [5, 5.41) is 1.28. The van der Waals surface area contributed by atoms with Crippen LogP contribution >= 0.6 is 11.3 Å². The highest BCUT2D eigenvalue weighted by Gasteiger charge is 2.06. The van der Waals surface area contributed by atoms with Crippen molar-refractivity contribution in [3.05, 3.63) is 65.3 Å². The highest BCUT2D eigenvalue weighted by molar-refractivity contribution is 7.15. The van der Waals surface area contributed by atoms with Gasteiger partial charge in [-0.05, 0) is 47.9 Å². The number of unbranched alkanes of at least 4 members (excludes halogenated alkanes) is 9. The molecule has 2 aromatic carbocycles. The first kappa shape index (κ1) is 24.7.